The van der Waals surface area contributed by atoms with Crippen molar-refractivity contribution in [3.05, 3.63) is 28.8 Å². The number of anilines is 1. The van der Waals surface area contributed by atoms with Crippen molar-refractivity contribution < 1.29 is 9.53 Å². The number of hydrogen-bond donors (Lipinski definition) is 3. The highest BCUT2D eigenvalue weighted by atomic mass is 35.5. The van der Waals surface area contributed by atoms with Crippen molar-refractivity contribution in [1.29, 1.82) is 0 Å². The highest BCUT2D eigenvalue weighted by Crippen LogP contribution is 2.42. The third-order valence-corrected chi connectivity index (χ3v) is 4.95. The maximum Gasteiger partial charge on any atom is 0.255 e. The van der Waals surface area contributed by atoms with Crippen molar-refractivity contribution in [2.45, 2.75) is 30.5 Å². The zero-order valence-corrected chi connectivity index (χ0v) is 12.4. The minimum absolute atomic E-state index is 0.0826. The van der Waals surface area contributed by atoms with Gasteiger partial charge >= 0.3 is 0 Å². The first-order valence-corrected chi connectivity index (χ1v) is 7.73. The second-order valence-corrected chi connectivity index (χ2v) is 6.69. The van der Waals surface area contributed by atoms with Crippen molar-refractivity contribution in [1.82, 2.24) is 10.6 Å². The Balaban J connectivity index is 1.63. The summed E-state index contributed by atoms with van der Waals surface area (Å²) in [5.74, 6) is -0.0826. The lowest BCUT2D eigenvalue weighted by Gasteiger charge is -2.38. The van der Waals surface area contributed by atoms with Crippen LogP contribution in [0.2, 0.25) is 5.02 Å². The summed E-state index contributed by atoms with van der Waals surface area (Å²) >= 11 is 5.97. The standard InChI is InChI=1S/C15H18ClN3O2/c16-10-1-2-12-11(7-10)13(20)19-15(18-12)8-14(21-9-15)3-5-17-6-4-14/h1-2,7,17-18H,3-6,8-9H2,(H,19,20)/t15-/m1/s1. The number of hydrogen-bond acceptors (Lipinski definition) is 4. The van der Waals surface area contributed by atoms with Gasteiger partial charge in [-0.15, -0.1) is 0 Å². The first-order valence-electron chi connectivity index (χ1n) is 7.35. The molecule has 3 aliphatic rings. The van der Waals surface area contributed by atoms with Gasteiger partial charge in [0.2, 0.25) is 0 Å². The lowest BCUT2D eigenvalue weighted by molar-refractivity contribution is -0.0200. The van der Waals surface area contributed by atoms with Gasteiger partial charge < -0.3 is 20.7 Å². The molecule has 1 amide bonds. The Bertz CT molecular complexity index is 601. The van der Waals surface area contributed by atoms with Crippen LogP contribution in [-0.2, 0) is 4.74 Å². The summed E-state index contributed by atoms with van der Waals surface area (Å²) in [6.45, 7) is 2.44. The monoisotopic (exact) mass is 307 g/mol. The van der Waals surface area contributed by atoms with Crippen LogP contribution in [-0.4, -0.2) is 36.9 Å². The van der Waals surface area contributed by atoms with E-state index in [0.717, 1.165) is 38.0 Å². The minimum Gasteiger partial charge on any atom is -0.370 e. The van der Waals surface area contributed by atoms with E-state index in [2.05, 4.69) is 16.0 Å². The molecule has 5 nitrogen and oxygen atoms in total. The summed E-state index contributed by atoms with van der Waals surface area (Å²) < 4.78 is 6.12. The Kier molecular flexibility index (Phi) is 2.93. The molecule has 0 unspecified atom stereocenters. The van der Waals surface area contributed by atoms with Crippen LogP contribution in [0, 0.1) is 0 Å². The van der Waals surface area contributed by atoms with E-state index in [1.807, 2.05) is 6.07 Å². The molecule has 0 aromatic heterocycles. The van der Waals surface area contributed by atoms with Gasteiger partial charge in [-0.1, -0.05) is 11.6 Å². The normalized spacial score (nSPS) is 30.0. The van der Waals surface area contributed by atoms with E-state index in [1.54, 1.807) is 12.1 Å². The van der Waals surface area contributed by atoms with Gasteiger partial charge in [-0.25, -0.2) is 0 Å². The van der Waals surface area contributed by atoms with E-state index < -0.39 is 5.66 Å². The van der Waals surface area contributed by atoms with Crippen LogP contribution in [0.15, 0.2) is 18.2 Å². The molecule has 3 aliphatic heterocycles. The van der Waals surface area contributed by atoms with Gasteiger partial charge in [0.05, 0.1) is 17.8 Å². The van der Waals surface area contributed by atoms with Crippen molar-refractivity contribution >= 4 is 23.2 Å². The summed E-state index contributed by atoms with van der Waals surface area (Å²) in [6, 6.07) is 5.36. The Hall–Kier alpha value is -1.30. The SMILES string of the molecule is O=C1N[C@]2(COC3(CCNCC3)C2)Nc2ccc(Cl)cc21. The fraction of sp³-hybridized carbons (Fsp3) is 0.533. The first-order chi connectivity index (χ1) is 10.1. The van der Waals surface area contributed by atoms with E-state index in [9.17, 15) is 4.79 Å². The van der Waals surface area contributed by atoms with E-state index in [4.69, 9.17) is 16.3 Å². The average molecular weight is 308 g/mol. The predicted octanol–water partition coefficient (Wildman–Crippen LogP) is 1.73. The molecular weight excluding hydrogens is 290 g/mol. The molecule has 2 spiro atoms. The fourth-order valence-electron chi connectivity index (χ4n) is 3.68. The molecule has 3 N–H and O–H groups in total. The van der Waals surface area contributed by atoms with E-state index in [1.165, 1.54) is 0 Å². The van der Waals surface area contributed by atoms with Crippen LogP contribution in [0.5, 0.6) is 0 Å². The van der Waals surface area contributed by atoms with Crippen LogP contribution in [0.1, 0.15) is 29.6 Å². The second kappa shape index (κ2) is 4.60. The molecule has 0 aliphatic carbocycles. The second-order valence-electron chi connectivity index (χ2n) is 6.25. The average Bonchev–Trinajstić information content (AvgIpc) is 2.79. The van der Waals surface area contributed by atoms with E-state index in [-0.39, 0.29) is 11.5 Å². The molecule has 21 heavy (non-hydrogen) atoms. The van der Waals surface area contributed by atoms with Crippen LogP contribution < -0.4 is 16.0 Å². The minimum atomic E-state index is -0.491. The maximum atomic E-state index is 12.4. The number of piperidine rings is 1. The van der Waals surface area contributed by atoms with Gasteiger partial charge in [0.1, 0.15) is 5.66 Å². The third-order valence-electron chi connectivity index (χ3n) is 4.72. The molecule has 1 atom stereocenters. The molecule has 1 aromatic carbocycles. The van der Waals surface area contributed by atoms with Crippen molar-refractivity contribution in [3.63, 3.8) is 0 Å². The predicted molar refractivity (Wildman–Crippen MR) is 80.7 cm³/mol. The third kappa shape index (κ3) is 2.20. The van der Waals surface area contributed by atoms with Crippen LogP contribution in [0.4, 0.5) is 5.69 Å². The van der Waals surface area contributed by atoms with Gasteiger partial charge in [-0.2, -0.15) is 0 Å². The summed E-state index contributed by atoms with van der Waals surface area (Å²) in [6.07, 6.45) is 2.77. The van der Waals surface area contributed by atoms with Crippen LogP contribution in [0.25, 0.3) is 0 Å². The van der Waals surface area contributed by atoms with Crippen molar-refractivity contribution in [2.24, 2.45) is 0 Å². The number of nitrogens with one attached hydrogen (secondary N) is 3. The molecule has 6 heteroatoms. The molecule has 2 saturated heterocycles. The highest BCUT2D eigenvalue weighted by Gasteiger charge is 2.52. The Morgan fingerprint density at radius 3 is 2.81 bits per heavy atom. The summed E-state index contributed by atoms with van der Waals surface area (Å²) in [5, 5.41) is 10.5. The van der Waals surface area contributed by atoms with Gasteiger partial charge in [0.15, 0.2) is 0 Å². The van der Waals surface area contributed by atoms with Crippen molar-refractivity contribution in [2.75, 3.05) is 25.0 Å². The number of fused-ring (bicyclic) bond motifs is 1. The van der Waals surface area contributed by atoms with Gasteiger partial charge in [0.25, 0.3) is 5.91 Å². The highest BCUT2D eigenvalue weighted by molar-refractivity contribution is 6.31. The molecule has 0 radical (unpaired) electrons. The number of ether oxygens (including phenoxy) is 1. The number of carbonyl (C=O) groups excluding carboxylic acids is 1. The Morgan fingerprint density at radius 1 is 1.19 bits per heavy atom. The largest absolute Gasteiger partial charge is 0.370 e. The molecule has 1 aromatic rings. The maximum absolute atomic E-state index is 12.4. The number of carbonyl (C=O) groups is 1. The molecule has 4 rings (SSSR count). The zero-order valence-electron chi connectivity index (χ0n) is 11.7. The molecule has 0 bridgehead atoms. The van der Waals surface area contributed by atoms with Crippen LogP contribution in [0.3, 0.4) is 0 Å². The number of benzene rings is 1. The first kappa shape index (κ1) is 13.4. The molecule has 0 saturated carbocycles. The number of rotatable bonds is 0. The van der Waals surface area contributed by atoms with Crippen LogP contribution >= 0.6 is 11.6 Å². The molecule has 112 valence electrons. The summed E-state index contributed by atoms with van der Waals surface area (Å²) in [4.78, 5) is 12.4. The topological polar surface area (TPSA) is 62.4 Å². The Morgan fingerprint density at radius 2 is 2.00 bits per heavy atom. The number of halogens is 1. The molecular formula is C15H18ClN3O2. The quantitative estimate of drug-likeness (QED) is 0.683. The zero-order chi connectivity index (χ0) is 14.5. The lowest BCUT2D eigenvalue weighted by Crippen LogP contribution is -2.59. The smallest absolute Gasteiger partial charge is 0.255 e. The van der Waals surface area contributed by atoms with Crippen molar-refractivity contribution in [3.8, 4) is 0 Å². The van der Waals surface area contributed by atoms with E-state index >= 15 is 0 Å². The van der Waals surface area contributed by atoms with E-state index in [0.29, 0.717) is 17.2 Å². The fourth-order valence-corrected chi connectivity index (χ4v) is 3.85. The van der Waals surface area contributed by atoms with Gasteiger partial charge in [-0.3, -0.25) is 4.79 Å². The molecule has 2 fully saturated rings. The number of amides is 1. The molecule has 3 heterocycles. The summed E-state index contributed by atoms with van der Waals surface area (Å²) in [7, 11) is 0. The van der Waals surface area contributed by atoms with Gasteiger partial charge in [-0.05, 0) is 44.1 Å². The van der Waals surface area contributed by atoms with Gasteiger partial charge in [0, 0.05) is 17.1 Å². The lowest BCUT2D eigenvalue weighted by atomic mass is 9.85. The summed E-state index contributed by atoms with van der Waals surface area (Å²) in [5.41, 5.74) is 0.821. The Labute approximate surface area is 128 Å².